The molecule has 2 unspecified atom stereocenters. The van der Waals surface area contributed by atoms with Crippen molar-refractivity contribution < 1.29 is 133 Å². The summed E-state index contributed by atoms with van der Waals surface area (Å²) in [6.45, 7) is 2.79. The summed E-state index contributed by atoms with van der Waals surface area (Å²) in [7, 11) is 2.34. The molecule has 2 radical (unpaired) electrons. The van der Waals surface area contributed by atoms with Gasteiger partial charge in [0.25, 0.3) is 0 Å². The minimum Gasteiger partial charge on any atom is -0.438 e. The first kappa shape index (κ1) is 44.2. The minimum absolute atomic E-state index is 0. The Morgan fingerprint density at radius 2 is 0.829 bits per heavy atom. The van der Waals surface area contributed by atoms with Gasteiger partial charge < -0.3 is 48.1 Å². The van der Waals surface area contributed by atoms with Crippen LogP contribution in [0.3, 0.4) is 0 Å². The first-order valence-electron chi connectivity index (χ1n) is 9.56. The second-order valence-corrected chi connectivity index (χ2v) is 5.55. The number of carbonyl (C=O) groups is 4. The molecule has 0 saturated heterocycles. The number of carbonyl (C=O) groups excluding carboxylic acids is 4. The van der Waals surface area contributed by atoms with E-state index < -0.39 is 36.8 Å². The summed E-state index contributed by atoms with van der Waals surface area (Å²) in [5, 5.41) is 18.1. The molecule has 0 fully saturated rings. The van der Waals surface area contributed by atoms with E-state index in [1.807, 2.05) is 0 Å². The number of rotatable bonds is 12. The molecule has 0 rings (SSSR count). The summed E-state index contributed by atoms with van der Waals surface area (Å²) in [6, 6.07) is 0. The maximum atomic E-state index is 10.9. The van der Waals surface area contributed by atoms with E-state index in [-0.39, 0.29) is 112 Å². The van der Waals surface area contributed by atoms with Crippen LogP contribution >= 0.6 is 0 Å². The van der Waals surface area contributed by atoms with E-state index in [1.54, 1.807) is 13.8 Å². The predicted octanol–water partition coefficient (Wildman–Crippen LogP) is 2.02. The Morgan fingerprint density at radius 3 is 1.06 bits per heavy atom. The van der Waals surface area contributed by atoms with Gasteiger partial charge in [0.15, 0.2) is 0 Å². The van der Waals surface area contributed by atoms with E-state index in [9.17, 15) is 19.2 Å². The summed E-state index contributed by atoms with van der Waals surface area (Å²) in [5.41, 5.74) is 0. The van der Waals surface area contributed by atoms with Gasteiger partial charge in [0.1, 0.15) is 39.6 Å². The molecule has 0 spiro atoms. The van der Waals surface area contributed by atoms with Gasteiger partial charge in [-0.05, 0) is 12.8 Å². The van der Waals surface area contributed by atoms with Crippen molar-refractivity contribution in [3.8, 4) is 0 Å². The standard InChI is InChI=1S/2C9H16O7.CH4.2Y/c2*1-3-7(10)6-16-9(12)15-5-4-14-8(11)13-2;;;/h2*7,10H,3-6H2,1-2H3;1H4;;. The zero-order chi connectivity index (χ0) is 24.8. The fraction of sp³-hybridized carbons (Fsp3) is 0.789. The van der Waals surface area contributed by atoms with Crippen molar-refractivity contribution >= 4 is 24.6 Å². The van der Waals surface area contributed by atoms with Gasteiger partial charge in [-0.15, -0.1) is 0 Å². The molecule has 14 nitrogen and oxygen atoms in total. The number of hydrogen-bond donors (Lipinski definition) is 2. The molecule has 35 heavy (non-hydrogen) atoms. The molecule has 0 aliphatic rings. The smallest absolute Gasteiger partial charge is 0.438 e. The van der Waals surface area contributed by atoms with Crippen molar-refractivity contribution in [3.05, 3.63) is 0 Å². The van der Waals surface area contributed by atoms with Crippen LogP contribution in [0.2, 0.25) is 0 Å². The van der Waals surface area contributed by atoms with Crippen molar-refractivity contribution in [1.82, 2.24) is 0 Å². The molecule has 0 amide bonds. The molecule has 202 valence electrons. The summed E-state index contributed by atoms with van der Waals surface area (Å²) in [4.78, 5) is 42.6. The predicted molar refractivity (Wildman–Crippen MR) is 111 cm³/mol. The molecule has 0 aromatic rings. The van der Waals surface area contributed by atoms with Crippen LogP contribution in [0.5, 0.6) is 0 Å². The van der Waals surface area contributed by atoms with E-state index in [1.165, 1.54) is 14.2 Å². The van der Waals surface area contributed by atoms with E-state index in [4.69, 9.17) is 10.2 Å². The Morgan fingerprint density at radius 1 is 0.571 bits per heavy atom. The Hall–Kier alpha value is -0.792. The topological polar surface area (TPSA) is 183 Å². The third-order valence-corrected chi connectivity index (χ3v) is 3.11. The average Bonchev–Trinajstić information content (AvgIpc) is 2.81. The molecule has 0 aliphatic heterocycles. The van der Waals surface area contributed by atoms with Gasteiger partial charge >= 0.3 is 24.6 Å². The van der Waals surface area contributed by atoms with E-state index in [0.717, 1.165) is 0 Å². The van der Waals surface area contributed by atoms with Crippen LogP contribution in [0.25, 0.3) is 0 Å². The maximum absolute atomic E-state index is 10.9. The first-order chi connectivity index (χ1) is 15.2. The molecule has 16 heteroatoms. The fourth-order valence-electron chi connectivity index (χ4n) is 1.27. The van der Waals surface area contributed by atoms with Crippen LogP contribution in [0, 0.1) is 0 Å². The number of hydrogen-bond acceptors (Lipinski definition) is 14. The van der Waals surface area contributed by atoms with Crippen molar-refractivity contribution in [3.63, 3.8) is 0 Å². The number of ether oxygens (including phenoxy) is 8. The molecule has 2 N–H and O–H groups in total. The van der Waals surface area contributed by atoms with Gasteiger partial charge in [-0.3, -0.25) is 0 Å². The van der Waals surface area contributed by atoms with E-state index in [2.05, 4.69) is 37.9 Å². The largest absolute Gasteiger partial charge is 0.508 e. The third kappa shape index (κ3) is 33.2. The molecule has 0 aromatic carbocycles. The molecule has 2 atom stereocenters. The zero-order valence-corrected chi connectivity index (χ0v) is 25.4. The van der Waals surface area contributed by atoms with Gasteiger partial charge in [-0.1, -0.05) is 21.3 Å². The van der Waals surface area contributed by atoms with Crippen LogP contribution in [-0.4, -0.2) is 101 Å². The van der Waals surface area contributed by atoms with Crippen molar-refractivity contribution in [2.45, 2.75) is 46.3 Å². The van der Waals surface area contributed by atoms with Gasteiger partial charge in [-0.25, -0.2) is 19.2 Å². The summed E-state index contributed by atoms with van der Waals surface area (Å²) in [6.07, 6.45) is -3.95. The van der Waals surface area contributed by atoms with E-state index in [0.29, 0.717) is 12.8 Å². The molecule has 0 saturated carbocycles. The molecular formula is C19H36O14Y2. The minimum atomic E-state index is -0.916. The summed E-state index contributed by atoms with van der Waals surface area (Å²) >= 11 is 0. The van der Waals surface area contributed by atoms with Gasteiger partial charge in [0, 0.05) is 65.4 Å². The molecule has 0 heterocycles. The normalized spacial score (nSPS) is 10.5. The molecule has 0 bridgehead atoms. The first-order valence-corrected chi connectivity index (χ1v) is 9.56. The fourth-order valence-corrected chi connectivity index (χ4v) is 1.27. The number of aliphatic hydroxyl groups is 2. The van der Waals surface area contributed by atoms with Gasteiger partial charge in [-0.2, -0.15) is 0 Å². The number of methoxy groups -OCH3 is 2. The monoisotopic (exact) mass is 666 g/mol. The maximum Gasteiger partial charge on any atom is 0.508 e. The van der Waals surface area contributed by atoms with Crippen molar-refractivity contribution in [2.75, 3.05) is 53.9 Å². The van der Waals surface area contributed by atoms with E-state index >= 15 is 0 Å². The number of aliphatic hydroxyl groups excluding tert-OH is 2. The van der Waals surface area contributed by atoms with Crippen molar-refractivity contribution in [1.29, 1.82) is 0 Å². The molecule has 0 aromatic heterocycles. The average molecular weight is 666 g/mol. The Bertz CT molecular complexity index is 490. The van der Waals surface area contributed by atoms with Crippen LogP contribution in [0.1, 0.15) is 34.1 Å². The summed E-state index contributed by atoms with van der Waals surface area (Å²) in [5.74, 6) is 0. The van der Waals surface area contributed by atoms with Crippen LogP contribution in [0.15, 0.2) is 0 Å². The summed E-state index contributed by atoms with van der Waals surface area (Å²) < 4.78 is 35.4. The molecular weight excluding hydrogens is 630 g/mol. The van der Waals surface area contributed by atoms with Gasteiger partial charge in [0.05, 0.1) is 26.4 Å². The SMILES string of the molecule is C.CCC(O)COC(=O)OCCOC(=O)OC.CCC(O)COC(=O)OCCOC(=O)OC.[Y].[Y]. The Kier molecular flexibility index (Phi) is 39.5. The van der Waals surface area contributed by atoms with Crippen LogP contribution in [0.4, 0.5) is 19.2 Å². The third-order valence-electron chi connectivity index (χ3n) is 3.11. The Balaban J connectivity index is -0.000000158. The molecule has 0 aliphatic carbocycles. The Labute approximate surface area is 255 Å². The van der Waals surface area contributed by atoms with Gasteiger partial charge in [0.2, 0.25) is 0 Å². The quantitative estimate of drug-likeness (QED) is 0.175. The van der Waals surface area contributed by atoms with Crippen molar-refractivity contribution in [2.24, 2.45) is 0 Å². The zero-order valence-electron chi connectivity index (χ0n) is 19.8. The van der Waals surface area contributed by atoms with Crippen LogP contribution < -0.4 is 0 Å². The second-order valence-electron chi connectivity index (χ2n) is 5.55. The second kappa shape index (κ2) is 31.2. The van der Waals surface area contributed by atoms with Crippen LogP contribution in [-0.2, 0) is 103 Å².